The van der Waals surface area contributed by atoms with Crippen LogP contribution in [0.3, 0.4) is 0 Å². The van der Waals surface area contributed by atoms with E-state index in [-0.39, 0.29) is 23.5 Å². The van der Waals surface area contributed by atoms with Gasteiger partial charge in [0.1, 0.15) is 5.75 Å². The Hall–Kier alpha value is -2.77. The molecule has 2 amide bonds. The maximum Gasteiger partial charge on any atom is 0.251 e. The van der Waals surface area contributed by atoms with Gasteiger partial charge in [-0.3, -0.25) is 14.6 Å². The number of phenolic OH excluding ortho intramolecular Hbond substituents is 1. The average molecular weight is 375 g/mol. The van der Waals surface area contributed by atoms with Crippen molar-refractivity contribution in [3.05, 3.63) is 29.8 Å². The summed E-state index contributed by atoms with van der Waals surface area (Å²) in [6.45, 7) is 5.26. The van der Waals surface area contributed by atoms with Gasteiger partial charge in [0.05, 0.1) is 6.54 Å². The number of aliphatic imine (C=N–C) groups is 1. The molecule has 0 radical (unpaired) electrons. The number of piperidine rings is 1. The van der Waals surface area contributed by atoms with Crippen molar-refractivity contribution in [1.82, 2.24) is 15.5 Å². The van der Waals surface area contributed by atoms with Gasteiger partial charge in [-0.1, -0.05) is 0 Å². The fraction of sp³-hybridized carbons (Fsp3) is 0.526. The predicted molar refractivity (Wildman–Crippen MR) is 105 cm³/mol. The van der Waals surface area contributed by atoms with E-state index < -0.39 is 0 Å². The largest absolute Gasteiger partial charge is 0.508 e. The number of nitrogens with one attached hydrogen (secondary N) is 2. The van der Waals surface area contributed by atoms with Crippen LogP contribution >= 0.6 is 0 Å². The van der Waals surface area contributed by atoms with Gasteiger partial charge in [-0.25, -0.2) is 0 Å². The van der Waals surface area contributed by atoms with Crippen molar-refractivity contribution < 1.29 is 14.7 Å². The first kappa shape index (κ1) is 20.5. The molecular weight excluding hydrogens is 346 g/mol. The minimum atomic E-state index is -0.263. The molecule has 0 aromatic heterocycles. The molecule has 5 N–H and O–H groups in total. The first-order chi connectivity index (χ1) is 13.0. The summed E-state index contributed by atoms with van der Waals surface area (Å²) < 4.78 is 0. The third-order valence-corrected chi connectivity index (χ3v) is 4.43. The van der Waals surface area contributed by atoms with Crippen LogP contribution in [-0.4, -0.2) is 60.5 Å². The second-order valence-electron chi connectivity index (χ2n) is 6.66. The number of benzene rings is 1. The molecule has 1 unspecified atom stereocenters. The number of likely N-dealkylation sites (tertiary alicyclic amines) is 1. The highest BCUT2D eigenvalue weighted by Crippen LogP contribution is 2.19. The van der Waals surface area contributed by atoms with Crippen molar-refractivity contribution in [2.75, 3.05) is 32.7 Å². The van der Waals surface area contributed by atoms with Gasteiger partial charge in [-0.2, -0.15) is 0 Å². The third kappa shape index (κ3) is 6.80. The van der Waals surface area contributed by atoms with Crippen LogP contribution in [0.2, 0.25) is 0 Å². The van der Waals surface area contributed by atoms with Crippen molar-refractivity contribution in [2.45, 2.75) is 26.2 Å². The van der Waals surface area contributed by atoms with E-state index in [4.69, 9.17) is 5.73 Å². The van der Waals surface area contributed by atoms with E-state index in [1.807, 2.05) is 6.92 Å². The van der Waals surface area contributed by atoms with Crippen LogP contribution in [0.1, 0.15) is 36.5 Å². The number of guanidine groups is 1. The molecule has 1 aliphatic rings. The van der Waals surface area contributed by atoms with E-state index in [0.717, 1.165) is 38.4 Å². The standard InChI is InChI=1S/C19H29N5O3/c1-2-21-19(24-11-3-4-14(13-24)12-17(20)26)23-10-9-22-18(27)15-5-7-16(25)8-6-15/h5-8,14,25H,2-4,9-13H2,1H3,(H2,20,26)(H,21,23)(H,22,27). The molecule has 0 aliphatic carbocycles. The van der Waals surface area contributed by atoms with Gasteiger partial charge in [0, 0.05) is 38.2 Å². The van der Waals surface area contributed by atoms with Crippen LogP contribution in [-0.2, 0) is 4.79 Å². The Labute approximate surface area is 159 Å². The zero-order valence-corrected chi connectivity index (χ0v) is 15.8. The fourth-order valence-corrected chi connectivity index (χ4v) is 3.18. The van der Waals surface area contributed by atoms with Gasteiger partial charge in [-0.05, 0) is 49.9 Å². The van der Waals surface area contributed by atoms with E-state index in [1.54, 1.807) is 12.1 Å². The number of hydrogen-bond donors (Lipinski definition) is 4. The molecule has 1 fully saturated rings. The highest BCUT2D eigenvalue weighted by atomic mass is 16.3. The first-order valence-corrected chi connectivity index (χ1v) is 9.38. The summed E-state index contributed by atoms with van der Waals surface area (Å²) in [5.41, 5.74) is 5.82. The summed E-state index contributed by atoms with van der Waals surface area (Å²) in [5.74, 6) is 0.720. The molecule has 1 atom stereocenters. The van der Waals surface area contributed by atoms with E-state index in [1.165, 1.54) is 12.1 Å². The van der Waals surface area contributed by atoms with Crippen molar-refractivity contribution in [2.24, 2.45) is 16.6 Å². The Morgan fingerprint density at radius 3 is 2.70 bits per heavy atom. The lowest BCUT2D eigenvalue weighted by Gasteiger charge is -2.34. The Morgan fingerprint density at radius 1 is 1.30 bits per heavy atom. The second kappa shape index (κ2) is 10.4. The number of rotatable bonds is 7. The maximum absolute atomic E-state index is 12.1. The summed E-state index contributed by atoms with van der Waals surface area (Å²) in [6.07, 6.45) is 2.40. The maximum atomic E-state index is 12.1. The third-order valence-electron chi connectivity index (χ3n) is 4.43. The minimum absolute atomic E-state index is 0.127. The highest BCUT2D eigenvalue weighted by molar-refractivity contribution is 5.94. The zero-order chi connectivity index (χ0) is 19.6. The lowest BCUT2D eigenvalue weighted by molar-refractivity contribution is -0.119. The van der Waals surface area contributed by atoms with Crippen LogP contribution in [0.4, 0.5) is 0 Å². The molecule has 27 heavy (non-hydrogen) atoms. The molecule has 1 saturated heterocycles. The molecule has 8 nitrogen and oxygen atoms in total. The van der Waals surface area contributed by atoms with Gasteiger partial charge < -0.3 is 26.4 Å². The number of nitrogens with two attached hydrogens (primary N) is 1. The van der Waals surface area contributed by atoms with Crippen molar-refractivity contribution >= 4 is 17.8 Å². The highest BCUT2D eigenvalue weighted by Gasteiger charge is 2.23. The van der Waals surface area contributed by atoms with Crippen molar-refractivity contribution in [1.29, 1.82) is 0 Å². The predicted octanol–water partition coefficient (Wildman–Crippen LogP) is 0.675. The summed E-state index contributed by atoms with van der Waals surface area (Å²) >= 11 is 0. The van der Waals surface area contributed by atoms with Crippen LogP contribution < -0.4 is 16.4 Å². The number of primary amides is 1. The van der Waals surface area contributed by atoms with Gasteiger partial charge in [0.2, 0.25) is 5.91 Å². The normalized spacial score (nSPS) is 17.4. The summed E-state index contributed by atoms with van der Waals surface area (Å²) in [4.78, 5) is 30.0. The summed E-state index contributed by atoms with van der Waals surface area (Å²) in [5, 5.41) is 15.4. The molecule has 1 heterocycles. The monoisotopic (exact) mass is 375 g/mol. The summed E-state index contributed by atoms with van der Waals surface area (Å²) in [7, 11) is 0. The van der Waals surface area contributed by atoms with Crippen molar-refractivity contribution in [3.8, 4) is 5.75 Å². The van der Waals surface area contributed by atoms with E-state index in [9.17, 15) is 14.7 Å². The van der Waals surface area contributed by atoms with E-state index >= 15 is 0 Å². The van der Waals surface area contributed by atoms with E-state index in [2.05, 4.69) is 20.5 Å². The Balaban J connectivity index is 1.86. The molecule has 2 rings (SSSR count). The molecular formula is C19H29N5O3. The lowest BCUT2D eigenvalue weighted by atomic mass is 9.95. The SMILES string of the molecule is CCNC(=NCCNC(=O)c1ccc(O)cc1)N1CCCC(CC(N)=O)C1. The molecule has 0 saturated carbocycles. The number of carbonyl (C=O) groups excluding carboxylic acids is 2. The quantitative estimate of drug-likeness (QED) is 0.317. The van der Waals surface area contributed by atoms with Crippen LogP contribution in [0, 0.1) is 5.92 Å². The number of aromatic hydroxyl groups is 1. The number of phenols is 1. The average Bonchev–Trinajstić information content (AvgIpc) is 2.64. The summed E-state index contributed by atoms with van der Waals surface area (Å²) in [6, 6.07) is 6.11. The first-order valence-electron chi connectivity index (χ1n) is 9.38. The molecule has 1 aliphatic heterocycles. The number of nitrogens with zero attached hydrogens (tertiary/aromatic N) is 2. The molecule has 0 bridgehead atoms. The lowest BCUT2D eigenvalue weighted by Crippen LogP contribution is -2.47. The molecule has 8 heteroatoms. The second-order valence-corrected chi connectivity index (χ2v) is 6.66. The number of hydrogen-bond acceptors (Lipinski definition) is 4. The topological polar surface area (TPSA) is 120 Å². The van der Waals surface area contributed by atoms with Crippen LogP contribution in [0.5, 0.6) is 5.75 Å². The minimum Gasteiger partial charge on any atom is -0.508 e. The van der Waals surface area contributed by atoms with Gasteiger partial charge in [-0.15, -0.1) is 0 Å². The van der Waals surface area contributed by atoms with Crippen LogP contribution in [0.25, 0.3) is 0 Å². The fourth-order valence-electron chi connectivity index (χ4n) is 3.18. The Morgan fingerprint density at radius 2 is 2.04 bits per heavy atom. The molecule has 148 valence electrons. The zero-order valence-electron chi connectivity index (χ0n) is 15.8. The molecule has 1 aromatic carbocycles. The number of carbonyl (C=O) groups is 2. The van der Waals surface area contributed by atoms with Crippen LogP contribution in [0.15, 0.2) is 29.3 Å². The van der Waals surface area contributed by atoms with E-state index in [0.29, 0.717) is 25.1 Å². The number of amides is 2. The molecule has 0 spiro atoms. The van der Waals surface area contributed by atoms with Crippen molar-refractivity contribution in [3.63, 3.8) is 0 Å². The van der Waals surface area contributed by atoms with Gasteiger partial charge in [0.25, 0.3) is 5.91 Å². The molecule has 1 aromatic rings. The van der Waals surface area contributed by atoms with Gasteiger partial charge >= 0.3 is 0 Å². The Kier molecular flexibility index (Phi) is 7.91. The van der Waals surface area contributed by atoms with Gasteiger partial charge in [0.15, 0.2) is 5.96 Å². The smallest absolute Gasteiger partial charge is 0.251 e. The Bertz CT molecular complexity index is 660.